The molecule has 5 rings (SSSR count). The number of aromatic nitrogens is 1. The van der Waals surface area contributed by atoms with Gasteiger partial charge in [-0.05, 0) is 68.2 Å². The zero-order chi connectivity index (χ0) is 13.6. The van der Waals surface area contributed by atoms with Crippen molar-refractivity contribution >= 4 is 0 Å². The first-order valence-electron chi connectivity index (χ1n) is 8.39. The van der Waals surface area contributed by atoms with Crippen molar-refractivity contribution in [3.8, 4) is 0 Å². The predicted molar refractivity (Wildman–Crippen MR) is 78.2 cm³/mol. The second-order valence-corrected chi connectivity index (χ2v) is 7.59. The molecule has 110 valence electrons. The van der Waals surface area contributed by atoms with Crippen molar-refractivity contribution in [2.75, 3.05) is 6.54 Å². The van der Waals surface area contributed by atoms with Crippen LogP contribution < -0.4 is 5.32 Å². The van der Waals surface area contributed by atoms with E-state index in [9.17, 15) is 0 Å². The maximum absolute atomic E-state index is 5.95. The van der Waals surface area contributed by atoms with Crippen molar-refractivity contribution in [1.29, 1.82) is 0 Å². The Morgan fingerprint density at radius 3 is 2.45 bits per heavy atom. The molecule has 4 aliphatic carbocycles. The summed E-state index contributed by atoms with van der Waals surface area (Å²) in [5.41, 5.74) is 0.559. The fourth-order valence-electron chi connectivity index (χ4n) is 5.62. The van der Waals surface area contributed by atoms with E-state index in [-0.39, 0.29) is 0 Å². The van der Waals surface area contributed by atoms with Crippen molar-refractivity contribution in [3.63, 3.8) is 0 Å². The maximum Gasteiger partial charge on any atom is 0.208 e. The maximum atomic E-state index is 5.95. The molecule has 4 bridgehead atoms. The zero-order valence-electron chi connectivity index (χ0n) is 12.5. The summed E-state index contributed by atoms with van der Waals surface area (Å²) in [4.78, 5) is 4.42. The molecule has 4 aliphatic rings. The van der Waals surface area contributed by atoms with Crippen LogP contribution in [-0.4, -0.2) is 11.5 Å². The van der Waals surface area contributed by atoms with Crippen LogP contribution in [0.5, 0.6) is 0 Å². The lowest BCUT2D eigenvalue weighted by molar-refractivity contribution is -0.0545. The summed E-state index contributed by atoms with van der Waals surface area (Å²) < 4.78 is 5.95. The van der Waals surface area contributed by atoms with E-state index in [1.165, 1.54) is 38.5 Å². The molecule has 3 heteroatoms. The molecule has 0 amide bonds. The van der Waals surface area contributed by atoms with Crippen molar-refractivity contribution in [2.24, 2.45) is 23.2 Å². The summed E-state index contributed by atoms with van der Waals surface area (Å²) in [6, 6.07) is 0. The van der Waals surface area contributed by atoms with Gasteiger partial charge in [0.1, 0.15) is 5.76 Å². The number of hydrogen-bond acceptors (Lipinski definition) is 3. The smallest absolute Gasteiger partial charge is 0.208 e. The van der Waals surface area contributed by atoms with E-state index < -0.39 is 0 Å². The third kappa shape index (κ3) is 2.30. The highest BCUT2D eigenvalue weighted by atomic mass is 16.4. The Morgan fingerprint density at radius 1 is 1.20 bits per heavy atom. The molecule has 1 heterocycles. The average Bonchev–Trinajstić information content (AvgIpc) is 2.81. The molecule has 0 unspecified atom stereocenters. The van der Waals surface area contributed by atoms with Gasteiger partial charge in [-0.3, -0.25) is 0 Å². The number of rotatable bonds is 5. The van der Waals surface area contributed by atoms with Gasteiger partial charge >= 0.3 is 0 Å². The molecular weight excluding hydrogens is 248 g/mol. The molecule has 0 radical (unpaired) electrons. The van der Waals surface area contributed by atoms with Gasteiger partial charge in [0.15, 0.2) is 0 Å². The van der Waals surface area contributed by atoms with Gasteiger partial charge in [0.25, 0.3) is 0 Å². The van der Waals surface area contributed by atoms with Gasteiger partial charge < -0.3 is 9.73 Å². The standard InChI is InChI=1S/C17H26N2O/c1-2-18-11-16-19-10-15(20-16)9-17-6-12-3-13(7-17)5-14(4-12)8-17/h10,12-14,18H,2-9,11H2,1H3. The Balaban J connectivity index is 1.47. The third-order valence-corrected chi connectivity index (χ3v) is 5.84. The van der Waals surface area contributed by atoms with Crippen LogP contribution in [0.1, 0.15) is 57.1 Å². The first-order chi connectivity index (χ1) is 9.75. The first kappa shape index (κ1) is 12.9. The zero-order valence-corrected chi connectivity index (χ0v) is 12.5. The molecular formula is C17H26N2O. The van der Waals surface area contributed by atoms with E-state index in [0.29, 0.717) is 5.41 Å². The summed E-state index contributed by atoms with van der Waals surface area (Å²) >= 11 is 0. The summed E-state index contributed by atoms with van der Waals surface area (Å²) in [5, 5.41) is 3.28. The molecule has 1 aromatic heterocycles. The van der Waals surface area contributed by atoms with Crippen molar-refractivity contribution in [3.05, 3.63) is 17.8 Å². The lowest BCUT2D eigenvalue weighted by Gasteiger charge is -2.56. The molecule has 4 saturated carbocycles. The Labute approximate surface area is 121 Å². The molecule has 0 aliphatic heterocycles. The van der Waals surface area contributed by atoms with E-state index in [1.54, 1.807) is 0 Å². The van der Waals surface area contributed by atoms with Crippen LogP contribution in [0.15, 0.2) is 10.6 Å². The second-order valence-electron chi connectivity index (χ2n) is 7.59. The van der Waals surface area contributed by atoms with Crippen molar-refractivity contribution < 1.29 is 4.42 Å². The van der Waals surface area contributed by atoms with Crippen molar-refractivity contribution in [1.82, 2.24) is 10.3 Å². The van der Waals surface area contributed by atoms with Crippen LogP contribution in [0.25, 0.3) is 0 Å². The minimum Gasteiger partial charge on any atom is -0.444 e. The molecule has 1 aromatic rings. The molecule has 0 saturated heterocycles. The van der Waals surface area contributed by atoms with E-state index >= 15 is 0 Å². The normalized spacial score (nSPS) is 38.5. The van der Waals surface area contributed by atoms with Crippen molar-refractivity contribution in [2.45, 2.75) is 58.4 Å². The molecule has 0 aromatic carbocycles. The van der Waals surface area contributed by atoms with E-state index in [1.807, 2.05) is 6.20 Å². The molecule has 1 N–H and O–H groups in total. The summed E-state index contributed by atoms with van der Waals surface area (Å²) in [5.74, 6) is 5.03. The quantitative estimate of drug-likeness (QED) is 0.892. The summed E-state index contributed by atoms with van der Waals surface area (Å²) in [6.45, 7) is 3.84. The monoisotopic (exact) mass is 274 g/mol. The highest BCUT2D eigenvalue weighted by Crippen LogP contribution is 2.61. The van der Waals surface area contributed by atoms with Crippen LogP contribution in [0.2, 0.25) is 0 Å². The molecule has 20 heavy (non-hydrogen) atoms. The third-order valence-electron chi connectivity index (χ3n) is 5.84. The van der Waals surface area contributed by atoms with E-state index in [4.69, 9.17) is 4.42 Å². The Hall–Kier alpha value is -0.830. The fourth-order valence-corrected chi connectivity index (χ4v) is 5.62. The lowest BCUT2D eigenvalue weighted by Crippen LogP contribution is -2.46. The summed E-state index contributed by atoms with van der Waals surface area (Å²) in [6.07, 6.45) is 12.0. The number of nitrogens with one attached hydrogen (secondary N) is 1. The minimum atomic E-state index is 0.559. The fraction of sp³-hybridized carbons (Fsp3) is 0.824. The van der Waals surface area contributed by atoms with Crippen LogP contribution in [0.4, 0.5) is 0 Å². The molecule has 3 nitrogen and oxygen atoms in total. The van der Waals surface area contributed by atoms with Crippen LogP contribution in [-0.2, 0) is 13.0 Å². The van der Waals surface area contributed by atoms with Gasteiger partial charge in [-0.1, -0.05) is 6.92 Å². The van der Waals surface area contributed by atoms with Gasteiger partial charge in [-0.2, -0.15) is 0 Å². The predicted octanol–water partition coefficient (Wildman–Crippen LogP) is 3.54. The van der Waals surface area contributed by atoms with Gasteiger partial charge in [0.05, 0.1) is 12.7 Å². The van der Waals surface area contributed by atoms with Gasteiger partial charge in [0, 0.05) is 6.42 Å². The minimum absolute atomic E-state index is 0.559. The van der Waals surface area contributed by atoms with Crippen LogP contribution >= 0.6 is 0 Å². The van der Waals surface area contributed by atoms with Gasteiger partial charge in [-0.15, -0.1) is 0 Å². The lowest BCUT2D eigenvalue weighted by atomic mass is 9.49. The Bertz CT molecular complexity index is 444. The van der Waals surface area contributed by atoms with Crippen LogP contribution in [0.3, 0.4) is 0 Å². The van der Waals surface area contributed by atoms with E-state index in [0.717, 1.165) is 48.9 Å². The Kier molecular flexibility index (Phi) is 3.13. The molecule has 4 fully saturated rings. The van der Waals surface area contributed by atoms with E-state index in [2.05, 4.69) is 17.2 Å². The molecule has 0 atom stereocenters. The second kappa shape index (κ2) is 4.87. The largest absolute Gasteiger partial charge is 0.444 e. The van der Waals surface area contributed by atoms with Crippen LogP contribution in [0, 0.1) is 23.2 Å². The van der Waals surface area contributed by atoms with Gasteiger partial charge in [-0.25, -0.2) is 4.98 Å². The highest BCUT2D eigenvalue weighted by molar-refractivity contribution is 5.07. The van der Waals surface area contributed by atoms with Gasteiger partial charge in [0.2, 0.25) is 5.89 Å². The Morgan fingerprint density at radius 2 is 1.85 bits per heavy atom. The number of nitrogens with zero attached hydrogens (tertiary/aromatic N) is 1. The number of hydrogen-bond donors (Lipinski definition) is 1. The number of oxazole rings is 1. The average molecular weight is 274 g/mol. The first-order valence-corrected chi connectivity index (χ1v) is 8.39. The summed E-state index contributed by atoms with van der Waals surface area (Å²) in [7, 11) is 0. The SMILES string of the molecule is CCNCc1ncc(CC23CC4CC(CC(C4)C2)C3)o1. The molecule has 0 spiro atoms. The topological polar surface area (TPSA) is 38.1 Å². The highest BCUT2D eigenvalue weighted by Gasteiger charge is 2.51.